The van der Waals surface area contributed by atoms with Crippen LogP contribution in [0.15, 0.2) is 46.0 Å². The fourth-order valence-electron chi connectivity index (χ4n) is 3.43. The highest BCUT2D eigenvalue weighted by Gasteiger charge is 2.40. The predicted octanol–water partition coefficient (Wildman–Crippen LogP) is 2.67. The molecule has 2 aromatic heterocycles. The van der Waals surface area contributed by atoms with E-state index >= 15 is 0 Å². The molecule has 1 amide bonds. The van der Waals surface area contributed by atoms with Gasteiger partial charge in [0.25, 0.3) is 10.0 Å². The number of carbonyl (C=O) groups excluding carboxylic acids is 1. The molecule has 1 aromatic carbocycles. The molecule has 1 saturated heterocycles. The number of amidine groups is 1. The fraction of sp³-hybridized carbons (Fsp3) is 0.263. The Labute approximate surface area is 176 Å². The molecule has 1 aliphatic rings. The van der Waals surface area contributed by atoms with Gasteiger partial charge < -0.3 is 10.6 Å². The molecular weight excluding hydrogens is 428 g/mol. The standard InChI is InChI=1S/C19H20N4O3S3/c1-22(29(25,26)17-9-13-4-2-3-5-15(13)28-17)14-6-7-23(19(14)24)10-12-8-16(18(20)21)27-11-12/h2-5,8-9,11,14H,6-7,10H2,1H3,(H3,20,21)/t14-/m0/s1. The van der Waals surface area contributed by atoms with Crippen molar-refractivity contribution in [2.24, 2.45) is 5.73 Å². The van der Waals surface area contributed by atoms with Gasteiger partial charge in [-0.2, -0.15) is 4.31 Å². The van der Waals surface area contributed by atoms with Crippen LogP contribution in [0.1, 0.15) is 16.9 Å². The minimum Gasteiger partial charge on any atom is -0.383 e. The maximum Gasteiger partial charge on any atom is 0.253 e. The Morgan fingerprint density at radius 1 is 1.34 bits per heavy atom. The number of likely N-dealkylation sites (N-methyl/N-ethyl adjacent to an activating group) is 1. The van der Waals surface area contributed by atoms with Crippen LogP contribution < -0.4 is 5.73 Å². The van der Waals surface area contributed by atoms with Crippen molar-refractivity contribution in [2.75, 3.05) is 13.6 Å². The van der Waals surface area contributed by atoms with Crippen molar-refractivity contribution in [1.29, 1.82) is 5.41 Å². The first kappa shape index (κ1) is 20.0. The molecule has 0 unspecified atom stereocenters. The summed E-state index contributed by atoms with van der Waals surface area (Å²) in [6.45, 7) is 0.872. The van der Waals surface area contributed by atoms with Crippen LogP contribution in [0, 0.1) is 5.41 Å². The average molecular weight is 449 g/mol. The lowest BCUT2D eigenvalue weighted by Gasteiger charge is -2.22. The van der Waals surface area contributed by atoms with Crippen molar-refractivity contribution >= 4 is 54.5 Å². The number of fused-ring (bicyclic) bond motifs is 1. The van der Waals surface area contributed by atoms with Gasteiger partial charge in [-0.15, -0.1) is 22.7 Å². The molecule has 4 rings (SSSR count). The molecule has 152 valence electrons. The zero-order valence-electron chi connectivity index (χ0n) is 15.7. The van der Waals surface area contributed by atoms with E-state index < -0.39 is 16.1 Å². The Morgan fingerprint density at radius 3 is 2.79 bits per heavy atom. The quantitative estimate of drug-likeness (QED) is 0.446. The summed E-state index contributed by atoms with van der Waals surface area (Å²) >= 11 is 2.58. The maximum absolute atomic E-state index is 13.1. The molecule has 0 radical (unpaired) electrons. The number of carbonyl (C=O) groups is 1. The molecule has 1 aliphatic heterocycles. The second kappa shape index (κ2) is 7.52. The number of nitrogens with zero attached hydrogens (tertiary/aromatic N) is 2. The predicted molar refractivity (Wildman–Crippen MR) is 116 cm³/mol. The molecule has 0 bridgehead atoms. The van der Waals surface area contributed by atoms with E-state index in [1.54, 1.807) is 17.0 Å². The van der Waals surface area contributed by atoms with Gasteiger partial charge in [0, 0.05) is 24.8 Å². The first-order valence-electron chi connectivity index (χ1n) is 8.94. The van der Waals surface area contributed by atoms with Crippen molar-refractivity contribution in [2.45, 2.75) is 23.2 Å². The summed E-state index contributed by atoms with van der Waals surface area (Å²) in [5, 5.41) is 10.2. The number of nitrogens with one attached hydrogen (secondary N) is 1. The zero-order valence-corrected chi connectivity index (χ0v) is 18.1. The van der Waals surface area contributed by atoms with Gasteiger partial charge in [0.15, 0.2) is 0 Å². The number of likely N-dealkylation sites (tertiary alicyclic amines) is 1. The lowest BCUT2D eigenvalue weighted by molar-refractivity contribution is -0.131. The second-order valence-corrected chi connectivity index (χ2v) is 11.1. The van der Waals surface area contributed by atoms with Crippen LogP contribution in [0.25, 0.3) is 10.1 Å². The monoisotopic (exact) mass is 448 g/mol. The molecule has 0 aliphatic carbocycles. The number of nitrogen functional groups attached to an aromatic ring is 1. The van der Waals surface area contributed by atoms with E-state index in [1.165, 1.54) is 34.0 Å². The summed E-state index contributed by atoms with van der Waals surface area (Å²) in [5.41, 5.74) is 6.39. The largest absolute Gasteiger partial charge is 0.383 e. The van der Waals surface area contributed by atoms with Gasteiger partial charge in [-0.25, -0.2) is 8.42 Å². The van der Waals surface area contributed by atoms with Crippen LogP contribution in [0.5, 0.6) is 0 Å². The lowest BCUT2D eigenvalue weighted by Crippen LogP contribution is -2.42. The van der Waals surface area contributed by atoms with Crippen LogP contribution in [0.2, 0.25) is 0 Å². The Kier molecular flexibility index (Phi) is 5.19. The van der Waals surface area contributed by atoms with Crippen LogP contribution in [0.4, 0.5) is 0 Å². The number of nitrogens with two attached hydrogens (primary N) is 1. The molecule has 1 atom stereocenters. The summed E-state index contributed by atoms with van der Waals surface area (Å²) < 4.78 is 28.6. The molecule has 0 spiro atoms. The highest BCUT2D eigenvalue weighted by Crippen LogP contribution is 2.32. The number of thiophene rings is 2. The Morgan fingerprint density at radius 2 is 2.10 bits per heavy atom. The van der Waals surface area contributed by atoms with Crippen molar-refractivity contribution in [3.05, 3.63) is 52.2 Å². The summed E-state index contributed by atoms with van der Waals surface area (Å²) in [5.74, 6) is -0.200. The Bertz CT molecular complexity index is 1170. The lowest BCUT2D eigenvalue weighted by atomic mass is 10.2. The van der Waals surface area contributed by atoms with Gasteiger partial charge in [0.2, 0.25) is 5.91 Å². The third-order valence-electron chi connectivity index (χ3n) is 5.04. The van der Waals surface area contributed by atoms with E-state index in [0.29, 0.717) is 24.4 Å². The van der Waals surface area contributed by atoms with E-state index in [2.05, 4.69) is 0 Å². The minimum absolute atomic E-state index is 0.000960. The molecule has 3 aromatic rings. The van der Waals surface area contributed by atoms with E-state index in [1.807, 2.05) is 29.6 Å². The second-order valence-electron chi connectivity index (χ2n) is 6.92. The fourth-order valence-corrected chi connectivity index (χ4v) is 7.13. The number of hydrogen-bond acceptors (Lipinski definition) is 6. The van der Waals surface area contributed by atoms with Gasteiger partial charge in [0.05, 0.1) is 4.88 Å². The van der Waals surface area contributed by atoms with E-state index in [-0.39, 0.29) is 16.0 Å². The van der Waals surface area contributed by atoms with Crippen LogP contribution in [0.3, 0.4) is 0 Å². The Hall–Kier alpha value is -2.27. The summed E-state index contributed by atoms with van der Waals surface area (Å²) in [6, 6.07) is 10.3. The van der Waals surface area contributed by atoms with Crippen LogP contribution in [-0.2, 0) is 21.4 Å². The molecular formula is C19H20N4O3S3. The minimum atomic E-state index is -3.76. The normalized spacial score (nSPS) is 17.5. The zero-order chi connectivity index (χ0) is 20.8. The molecule has 1 fully saturated rings. The third-order valence-corrected chi connectivity index (χ3v) is 9.48. The summed E-state index contributed by atoms with van der Waals surface area (Å²) in [7, 11) is -2.28. The van der Waals surface area contributed by atoms with Gasteiger partial charge >= 0.3 is 0 Å². The van der Waals surface area contributed by atoms with Gasteiger partial charge in [-0.3, -0.25) is 10.2 Å². The highest BCUT2D eigenvalue weighted by molar-refractivity contribution is 7.91. The first-order valence-corrected chi connectivity index (χ1v) is 12.1. The van der Waals surface area contributed by atoms with Crippen LogP contribution in [-0.4, -0.2) is 49.0 Å². The maximum atomic E-state index is 13.1. The number of benzene rings is 1. The van der Waals surface area contributed by atoms with Gasteiger partial charge in [-0.1, -0.05) is 18.2 Å². The SMILES string of the molecule is CN([C@H]1CCN(Cc2csc(C(=N)N)c2)C1=O)S(=O)(=O)c1cc2ccccc2s1. The van der Waals surface area contributed by atoms with Gasteiger partial charge in [0.1, 0.15) is 16.1 Å². The van der Waals surface area contributed by atoms with Crippen molar-refractivity contribution in [1.82, 2.24) is 9.21 Å². The average Bonchev–Trinajstić information content (AvgIpc) is 3.41. The topological polar surface area (TPSA) is 108 Å². The van der Waals surface area contributed by atoms with Crippen molar-refractivity contribution in [3.63, 3.8) is 0 Å². The molecule has 10 heteroatoms. The number of hydrogen-bond donors (Lipinski definition) is 2. The summed E-state index contributed by atoms with van der Waals surface area (Å²) in [6.07, 6.45) is 0.448. The number of amides is 1. The summed E-state index contributed by atoms with van der Waals surface area (Å²) in [4.78, 5) is 15.2. The molecule has 0 saturated carbocycles. The van der Waals surface area contributed by atoms with E-state index in [9.17, 15) is 13.2 Å². The highest BCUT2D eigenvalue weighted by atomic mass is 32.2. The van der Waals surface area contributed by atoms with Crippen LogP contribution >= 0.6 is 22.7 Å². The smallest absolute Gasteiger partial charge is 0.253 e. The Balaban J connectivity index is 1.51. The van der Waals surface area contributed by atoms with Gasteiger partial charge in [-0.05, 0) is 40.9 Å². The molecule has 3 heterocycles. The molecule has 7 nitrogen and oxygen atoms in total. The number of sulfonamides is 1. The third kappa shape index (κ3) is 3.68. The first-order chi connectivity index (χ1) is 13.8. The van der Waals surface area contributed by atoms with Crippen molar-refractivity contribution < 1.29 is 13.2 Å². The van der Waals surface area contributed by atoms with E-state index in [4.69, 9.17) is 11.1 Å². The molecule has 3 N–H and O–H groups in total. The number of rotatable bonds is 6. The van der Waals surface area contributed by atoms with E-state index in [0.717, 1.165) is 15.6 Å². The molecule has 29 heavy (non-hydrogen) atoms. The van der Waals surface area contributed by atoms with Crippen molar-refractivity contribution in [3.8, 4) is 0 Å².